The molecule has 0 heterocycles. The van der Waals surface area contributed by atoms with Gasteiger partial charge in [0.1, 0.15) is 0 Å². The van der Waals surface area contributed by atoms with Gasteiger partial charge in [0.05, 0.1) is 5.60 Å². The van der Waals surface area contributed by atoms with Crippen molar-refractivity contribution in [3.05, 3.63) is 0 Å². The Morgan fingerprint density at radius 3 is 2.88 bits per heavy atom. The summed E-state index contributed by atoms with van der Waals surface area (Å²) in [5, 5.41) is 14.4. The van der Waals surface area contributed by atoms with Crippen LogP contribution < -0.4 is 5.32 Å². The van der Waals surface area contributed by atoms with Gasteiger partial charge in [0.15, 0.2) is 0 Å². The van der Waals surface area contributed by atoms with Crippen LogP contribution in [-0.4, -0.2) is 23.3 Å². The minimum absolute atomic E-state index is 0.272. The summed E-state index contributed by atoms with van der Waals surface area (Å²) in [5.74, 6) is 3.26. The molecular weight excluding hydrogens is 198 g/mol. The van der Waals surface area contributed by atoms with Crippen LogP contribution in [0.2, 0.25) is 0 Å². The van der Waals surface area contributed by atoms with Crippen LogP contribution in [0.3, 0.4) is 0 Å². The molecule has 0 aromatic carbocycles. The number of fused-ring (bicyclic) bond motifs is 5. The van der Waals surface area contributed by atoms with E-state index in [4.69, 9.17) is 0 Å². The zero-order chi connectivity index (χ0) is 11.3. The third-order valence-electron chi connectivity index (χ3n) is 5.80. The fraction of sp³-hybridized carbons (Fsp3) is 1.00. The minimum Gasteiger partial charge on any atom is -0.388 e. The van der Waals surface area contributed by atoms with E-state index in [1.807, 2.05) is 0 Å². The first-order chi connectivity index (χ1) is 7.66. The Morgan fingerprint density at radius 2 is 2.12 bits per heavy atom. The van der Waals surface area contributed by atoms with E-state index < -0.39 is 5.60 Å². The molecule has 2 nitrogen and oxygen atoms in total. The van der Waals surface area contributed by atoms with Crippen LogP contribution in [-0.2, 0) is 0 Å². The molecule has 0 radical (unpaired) electrons. The number of rotatable bonds is 3. The van der Waals surface area contributed by atoms with E-state index in [-0.39, 0.29) is 6.04 Å². The highest BCUT2D eigenvalue weighted by Gasteiger charge is 2.61. The van der Waals surface area contributed by atoms with Gasteiger partial charge in [0.2, 0.25) is 0 Å². The van der Waals surface area contributed by atoms with E-state index in [0.29, 0.717) is 5.92 Å². The third kappa shape index (κ3) is 1.32. The Labute approximate surface area is 98.8 Å². The maximum atomic E-state index is 11.0. The summed E-state index contributed by atoms with van der Waals surface area (Å²) in [6, 6.07) is 0.272. The maximum absolute atomic E-state index is 11.0. The predicted molar refractivity (Wildman–Crippen MR) is 65.1 cm³/mol. The molecule has 0 aromatic heterocycles. The fourth-order valence-electron chi connectivity index (χ4n) is 5.14. The quantitative estimate of drug-likeness (QED) is 0.768. The van der Waals surface area contributed by atoms with Gasteiger partial charge in [-0.1, -0.05) is 13.3 Å². The van der Waals surface area contributed by atoms with Crippen molar-refractivity contribution in [3.63, 3.8) is 0 Å². The predicted octanol–water partition coefficient (Wildman–Crippen LogP) is 2.17. The van der Waals surface area contributed by atoms with Crippen molar-refractivity contribution >= 4 is 0 Å². The first kappa shape index (κ1) is 11.0. The first-order valence-corrected chi connectivity index (χ1v) is 7.12. The summed E-state index contributed by atoms with van der Waals surface area (Å²) >= 11 is 0. The Morgan fingerprint density at radius 1 is 1.38 bits per heavy atom. The molecule has 2 bridgehead atoms. The largest absolute Gasteiger partial charge is 0.388 e. The highest BCUT2D eigenvalue weighted by Crippen LogP contribution is 2.63. The lowest BCUT2D eigenvalue weighted by Gasteiger charge is -2.43. The second-order valence-corrected chi connectivity index (χ2v) is 6.34. The van der Waals surface area contributed by atoms with Crippen LogP contribution in [0.5, 0.6) is 0 Å². The molecule has 2 N–H and O–H groups in total. The lowest BCUT2D eigenvalue weighted by Crippen LogP contribution is -2.55. The Bertz CT molecular complexity index is 280. The molecule has 2 heteroatoms. The maximum Gasteiger partial charge on any atom is 0.0830 e. The highest BCUT2D eigenvalue weighted by molar-refractivity contribution is 5.13. The topological polar surface area (TPSA) is 32.3 Å². The Balaban J connectivity index is 1.79. The number of likely N-dealkylation sites (N-methyl/N-ethyl adjacent to an activating group) is 1. The third-order valence-corrected chi connectivity index (χ3v) is 5.80. The van der Waals surface area contributed by atoms with Crippen molar-refractivity contribution in [2.24, 2.45) is 23.7 Å². The lowest BCUT2D eigenvalue weighted by molar-refractivity contribution is -0.0690. The first-order valence-electron chi connectivity index (χ1n) is 7.12. The average molecular weight is 223 g/mol. The molecule has 0 saturated heterocycles. The van der Waals surface area contributed by atoms with Gasteiger partial charge in [-0.2, -0.15) is 0 Å². The summed E-state index contributed by atoms with van der Waals surface area (Å²) in [5.41, 5.74) is -0.397. The van der Waals surface area contributed by atoms with Gasteiger partial charge < -0.3 is 10.4 Å². The molecule has 3 rings (SSSR count). The number of hydrogen-bond acceptors (Lipinski definition) is 2. The average Bonchev–Trinajstić information content (AvgIpc) is 2.87. The normalized spacial score (nSPS) is 51.9. The fourth-order valence-corrected chi connectivity index (χ4v) is 5.14. The summed E-state index contributed by atoms with van der Waals surface area (Å²) in [6.07, 6.45) is 6.60. The van der Waals surface area contributed by atoms with E-state index in [1.54, 1.807) is 0 Å². The van der Waals surface area contributed by atoms with E-state index in [9.17, 15) is 5.11 Å². The van der Waals surface area contributed by atoms with Gasteiger partial charge in [-0.05, 0) is 62.8 Å². The van der Waals surface area contributed by atoms with E-state index in [1.165, 1.54) is 25.7 Å². The van der Waals surface area contributed by atoms with Gasteiger partial charge in [0.25, 0.3) is 0 Å². The van der Waals surface area contributed by atoms with E-state index >= 15 is 0 Å². The molecule has 6 unspecified atom stereocenters. The molecule has 16 heavy (non-hydrogen) atoms. The van der Waals surface area contributed by atoms with Crippen molar-refractivity contribution < 1.29 is 5.11 Å². The van der Waals surface area contributed by atoms with Gasteiger partial charge in [-0.25, -0.2) is 0 Å². The lowest BCUT2D eigenvalue weighted by atomic mass is 9.70. The molecule has 0 spiro atoms. The number of aliphatic hydroxyl groups is 1. The van der Waals surface area contributed by atoms with Gasteiger partial charge in [-0.3, -0.25) is 0 Å². The highest BCUT2D eigenvalue weighted by atomic mass is 16.3. The van der Waals surface area contributed by atoms with Crippen molar-refractivity contribution in [3.8, 4) is 0 Å². The molecular formula is C14H25NO. The van der Waals surface area contributed by atoms with Gasteiger partial charge >= 0.3 is 0 Å². The smallest absolute Gasteiger partial charge is 0.0830 e. The Kier molecular flexibility index (Phi) is 2.56. The van der Waals surface area contributed by atoms with Crippen LogP contribution in [0.4, 0.5) is 0 Å². The second kappa shape index (κ2) is 3.71. The monoisotopic (exact) mass is 223 g/mol. The second-order valence-electron chi connectivity index (χ2n) is 6.34. The molecule has 3 saturated carbocycles. The van der Waals surface area contributed by atoms with E-state index in [0.717, 1.165) is 30.7 Å². The summed E-state index contributed by atoms with van der Waals surface area (Å²) in [4.78, 5) is 0. The summed E-state index contributed by atoms with van der Waals surface area (Å²) in [7, 11) is 0. The number of hydrogen-bond donors (Lipinski definition) is 2. The molecule has 3 aliphatic rings. The Hall–Kier alpha value is -0.0800. The molecule has 3 fully saturated rings. The van der Waals surface area contributed by atoms with Crippen LogP contribution in [0, 0.1) is 23.7 Å². The van der Waals surface area contributed by atoms with Crippen molar-refractivity contribution in [2.45, 2.75) is 57.6 Å². The molecule has 0 aromatic rings. The van der Waals surface area contributed by atoms with Crippen molar-refractivity contribution in [2.75, 3.05) is 6.54 Å². The molecule has 0 aliphatic heterocycles. The van der Waals surface area contributed by atoms with Crippen LogP contribution in [0.15, 0.2) is 0 Å². The minimum atomic E-state index is -0.397. The zero-order valence-corrected chi connectivity index (χ0v) is 10.6. The SMILES string of the molecule is CCNC(C)C1(O)CC2CC1C1CCCC21. The van der Waals surface area contributed by atoms with Crippen molar-refractivity contribution in [1.29, 1.82) is 0 Å². The van der Waals surface area contributed by atoms with Gasteiger partial charge in [0, 0.05) is 6.04 Å². The molecule has 3 aliphatic carbocycles. The van der Waals surface area contributed by atoms with Crippen LogP contribution in [0.1, 0.15) is 46.0 Å². The van der Waals surface area contributed by atoms with Crippen LogP contribution in [0.25, 0.3) is 0 Å². The van der Waals surface area contributed by atoms with Gasteiger partial charge in [-0.15, -0.1) is 0 Å². The summed E-state index contributed by atoms with van der Waals surface area (Å²) < 4.78 is 0. The molecule has 92 valence electrons. The standard InChI is InChI=1S/C14H25NO/c1-3-15-9(2)14(16)8-10-7-13(14)12-6-4-5-11(10)12/h9-13,15-16H,3-8H2,1-2H3. The zero-order valence-electron chi connectivity index (χ0n) is 10.6. The molecule has 6 atom stereocenters. The number of nitrogens with one attached hydrogen (secondary N) is 1. The van der Waals surface area contributed by atoms with Crippen LogP contribution >= 0.6 is 0 Å². The van der Waals surface area contributed by atoms with E-state index in [2.05, 4.69) is 19.2 Å². The van der Waals surface area contributed by atoms with Crippen molar-refractivity contribution in [1.82, 2.24) is 5.32 Å². The molecule has 0 amide bonds. The summed E-state index contributed by atoms with van der Waals surface area (Å²) in [6.45, 7) is 5.27.